The Labute approximate surface area is 150 Å². The molecule has 4 aliphatic rings. The summed E-state index contributed by atoms with van der Waals surface area (Å²) < 4.78 is 0. The van der Waals surface area contributed by atoms with Gasteiger partial charge in [0.2, 0.25) is 0 Å². The smallest absolute Gasteiger partial charge is 0.156 e. The second-order valence-corrected chi connectivity index (χ2v) is 9.70. The van der Waals surface area contributed by atoms with Gasteiger partial charge in [0.1, 0.15) is 11.7 Å². The van der Waals surface area contributed by atoms with E-state index in [0.717, 1.165) is 44.9 Å². The van der Waals surface area contributed by atoms with E-state index in [1.807, 2.05) is 6.92 Å². The number of fused-ring (bicyclic) bond motifs is 5. The van der Waals surface area contributed by atoms with Crippen molar-refractivity contribution in [2.45, 2.75) is 83.5 Å². The molecule has 0 aromatic rings. The average Bonchev–Trinajstić information content (AvgIpc) is 2.76. The topological polar surface area (TPSA) is 77.8 Å². The van der Waals surface area contributed by atoms with E-state index in [1.54, 1.807) is 13.0 Å². The lowest BCUT2D eigenvalue weighted by atomic mass is 9.43. The lowest BCUT2D eigenvalue weighted by Gasteiger charge is -2.63. The zero-order valence-corrected chi connectivity index (χ0v) is 15.7. The highest BCUT2D eigenvalue weighted by molar-refractivity contribution is 5.96. The summed E-state index contributed by atoms with van der Waals surface area (Å²) in [4.78, 5) is 12.2. The molecule has 4 nitrogen and oxygen atoms in total. The molecule has 0 spiro atoms. The molecular weight excluding hydrogens is 316 g/mol. The summed E-state index contributed by atoms with van der Waals surface area (Å²) in [5.41, 5.74) is -1.14. The number of aliphatic hydroxyl groups excluding tert-OH is 2. The van der Waals surface area contributed by atoms with E-state index in [0.29, 0.717) is 17.4 Å². The summed E-state index contributed by atoms with van der Waals surface area (Å²) >= 11 is 0. The quantitative estimate of drug-likeness (QED) is 0.681. The monoisotopic (exact) mass is 348 g/mol. The van der Waals surface area contributed by atoms with Crippen LogP contribution < -0.4 is 0 Å². The van der Waals surface area contributed by atoms with Gasteiger partial charge < -0.3 is 15.3 Å². The van der Waals surface area contributed by atoms with Gasteiger partial charge in [0, 0.05) is 11.0 Å². The van der Waals surface area contributed by atoms with Gasteiger partial charge in [-0.25, -0.2) is 0 Å². The lowest BCUT2D eigenvalue weighted by Crippen LogP contribution is -2.65. The summed E-state index contributed by atoms with van der Waals surface area (Å²) in [6, 6.07) is 0. The predicted octanol–water partition coefficient (Wildman–Crippen LogP) is 2.60. The molecule has 0 heterocycles. The molecule has 0 bridgehead atoms. The Hall–Kier alpha value is -0.710. The van der Waals surface area contributed by atoms with Crippen LogP contribution in [0, 0.1) is 28.6 Å². The Bertz CT molecular complexity index is 627. The number of hydrogen-bond donors (Lipinski definition) is 3. The SMILES string of the molecule is CC(=O)C1=CC(O)C2(O)C3CCC4CC(O)CCC4(C)C3CCC12C. The van der Waals surface area contributed by atoms with Crippen LogP contribution in [0.15, 0.2) is 11.6 Å². The second kappa shape index (κ2) is 5.40. The molecule has 8 unspecified atom stereocenters. The summed E-state index contributed by atoms with van der Waals surface area (Å²) in [7, 11) is 0. The van der Waals surface area contributed by atoms with Crippen LogP contribution in [-0.4, -0.2) is 38.9 Å². The summed E-state index contributed by atoms with van der Waals surface area (Å²) in [5, 5.41) is 32.7. The highest BCUT2D eigenvalue weighted by Gasteiger charge is 2.68. The third-order valence-corrected chi connectivity index (χ3v) is 8.82. The molecule has 4 aliphatic carbocycles. The van der Waals surface area contributed by atoms with Crippen molar-refractivity contribution in [1.82, 2.24) is 0 Å². The van der Waals surface area contributed by atoms with Gasteiger partial charge in [0.25, 0.3) is 0 Å². The van der Waals surface area contributed by atoms with Gasteiger partial charge in [-0.15, -0.1) is 0 Å². The number of hydrogen-bond acceptors (Lipinski definition) is 4. The van der Waals surface area contributed by atoms with Crippen LogP contribution in [0.5, 0.6) is 0 Å². The van der Waals surface area contributed by atoms with E-state index >= 15 is 0 Å². The molecule has 0 aliphatic heterocycles. The maximum atomic E-state index is 12.2. The number of ketones is 1. The van der Waals surface area contributed by atoms with Gasteiger partial charge in [0.15, 0.2) is 5.78 Å². The number of aliphatic hydroxyl groups is 3. The Morgan fingerprint density at radius 1 is 1.08 bits per heavy atom. The molecule has 3 saturated carbocycles. The molecule has 25 heavy (non-hydrogen) atoms. The maximum Gasteiger partial charge on any atom is 0.156 e. The van der Waals surface area contributed by atoms with E-state index in [1.165, 1.54) is 0 Å². The normalized spacial score (nSPS) is 55.0. The molecule has 0 aromatic heterocycles. The molecule has 8 atom stereocenters. The molecule has 0 saturated heterocycles. The third-order valence-electron chi connectivity index (χ3n) is 8.82. The molecule has 0 aromatic carbocycles. The van der Waals surface area contributed by atoms with Crippen LogP contribution in [0.1, 0.15) is 65.7 Å². The van der Waals surface area contributed by atoms with Crippen LogP contribution >= 0.6 is 0 Å². The largest absolute Gasteiger partial charge is 0.393 e. The maximum absolute atomic E-state index is 12.2. The summed E-state index contributed by atoms with van der Waals surface area (Å²) in [6.07, 6.45) is 6.80. The van der Waals surface area contributed by atoms with Crippen molar-refractivity contribution in [3.8, 4) is 0 Å². The van der Waals surface area contributed by atoms with Gasteiger partial charge in [-0.1, -0.05) is 13.8 Å². The Balaban J connectivity index is 1.73. The third kappa shape index (κ3) is 2.08. The zero-order valence-electron chi connectivity index (χ0n) is 15.7. The molecule has 4 rings (SSSR count). The van der Waals surface area contributed by atoms with Gasteiger partial charge in [-0.3, -0.25) is 4.79 Å². The van der Waals surface area contributed by atoms with Crippen molar-refractivity contribution >= 4 is 5.78 Å². The molecule has 4 heteroatoms. The first-order chi connectivity index (χ1) is 11.6. The van der Waals surface area contributed by atoms with Crippen molar-refractivity contribution in [1.29, 1.82) is 0 Å². The summed E-state index contributed by atoms with van der Waals surface area (Å²) in [5.74, 6) is 0.845. The molecule has 0 radical (unpaired) electrons. The minimum Gasteiger partial charge on any atom is -0.393 e. The van der Waals surface area contributed by atoms with Gasteiger partial charge >= 0.3 is 0 Å². The van der Waals surface area contributed by atoms with E-state index < -0.39 is 17.1 Å². The molecule has 3 N–H and O–H groups in total. The fourth-order valence-corrected chi connectivity index (χ4v) is 7.36. The van der Waals surface area contributed by atoms with E-state index in [9.17, 15) is 20.1 Å². The van der Waals surface area contributed by atoms with Crippen molar-refractivity contribution in [2.75, 3.05) is 0 Å². The Morgan fingerprint density at radius 3 is 2.48 bits per heavy atom. The minimum absolute atomic E-state index is 0.0193. The number of Topliss-reactive ketones (excluding diaryl/α,β-unsaturated/α-hetero) is 1. The van der Waals surface area contributed by atoms with Crippen molar-refractivity contribution in [3.05, 3.63) is 11.6 Å². The van der Waals surface area contributed by atoms with E-state index in [4.69, 9.17) is 0 Å². The minimum atomic E-state index is -1.24. The molecular formula is C21H32O4. The van der Waals surface area contributed by atoms with Crippen molar-refractivity contribution in [3.63, 3.8) is 0 Å². The van der Waals surface area contributed by atoms with Gasteiger partial charge in [0.05, 0.1) is 6.10 Å². The second-order valence-electron chi connectivity index (χ2n) is 9.70. The van der Waals surface area contributed by atoms with Crippen LogP contribution in [0.3, 0.4) is 0 Å². The van der Waals surface area contributed by atoms with Crippen LogP contribution in [0.25, 0.3) is 0 Å². The standard InChI is InChI=1S/C21H32O4/c1-12(22)17-11-18(24)21(25)16-5-4-13-10-14(23)6-8-19(13,2)15(16)7-9-20(17,21)3/h11,13-16,18,23-25H,4-10H2,1-3H3. The summed E-state index contributed by atoms with van der Waals surface area (Å²) in [6.45, 7) is 5.86. The molecule has 3 fully saturated rings. The van der Waals surface area contributed by atoms with Crippen molar-refractivity contribution < 1.29 is 20.1 Å². The first-order valence-electron chi connectivity index (χ1n) is 9.96. The fraction of sp³-hybridized carbons (Fsp3) is 0.857. The predicted molar refractivity (Wildman–Crippen MR) is 94.7 cm³/mol. The Morgan fingerprint density at radius 2 is 1.80 bits per heavy atom. The van der Waals surface area contributed by atoms with E-state index in [2.05, 4.69) is 6.92 Å². The van der Waals surface area contributed by atoms with Gasteiger partial charge in [-0.2, -0.15) is 0 Å². The highest BCUT2D eigenvalue weighted by Crippen LogP contribution is 2.67. The van der Waals surface area contributed by atoms with E-state index in [-0.39, 0.29) is 23.2 Å². The molecule has 0 amide bonds. The molecule has 140 valence electrons. The van der Waals surface area contributed by atoms with Crippen LogP contribution in [0.4, 0.5) is 0 Å². The fourth-order valence-electron chi connectivity index (χ4n) is 7.36. The average molecular weight is 348 g/mol. The number of carbonyl (C=O) groups excluding carboxylic acids is 1. The van der Waals surface area contributed by atoms with Gasteiger partial charge in [-0.05, 0) is 81.1 Å². The number of carbonyl (C=O) groups is 1. The highest BCUT2D eigenvalue weighted by atomic mass is 16.3. The Kier molecular flexibility index (Phi) is 3.82. The van der Waals surface area contributed by atoms with Crippen LogP contribution in [-0.2, 0) is 4.79 Å². The number of rotatable bonds is 1. The first kappa shape index (κ1) is 17.7. The van der Waals surface area contributed by atoms with Crippen molar-refractivity contribution in [2.24, 2.45) is 28.6 Å². The zero-order chi connectivity index (χ0) is 18.2. The van der Waals surface area contributed by atoms with Crippen LogP contribution in [0.2, 0.25) is 0 Å². The lowest BCUT2D eigenvalue weighted by molar-refractivity contribution is -0.226. The first-order valence-corrected chi connectivity index (χ1v) is 9.96.